The maximum atomic E-state index is 13.6. The molecular weight excluding hydrogens is 381 g/mol. The van der Waals surface area contributed by atoms with Gasteiger partial charge in [-0.2, -0.15) is 0 Å². The van der Waals surface area contributed by atoms with E-state index in [0.29, 0.717) is 12.1 Å². The molecule has 0 radical (unpaired) electrons. The van der Waals surface area contributed by atoms with Gasteiger partial charge >= 0.3 is 0 Å². The first-order valence-electron chi connectivity index (χ1n) is 10.5. The molecule has 0 spiro atoms. The van der Waals surface area contributed by atoms with Crippen LogP contribution in [-0.2, 0) is 15.0 Å². The lowest BCUT2D eigenvalue weighted by molar-refractivity contribution is -0.126. The summed E-state index contributed by atoms with van der Waals surface area (Å²) in [6.45, 7) is 0.555. The molecule has 0 heterocycles. The van der Waals surface area contributed by atoms with Crippen molar-refractivity contribution in [3.8, 4) is 0 Å². The van der Waals surface area contributed by atoms with Crippen LogP contribution in [-0.4, -0.2) is 36.9 Å². The Morgan fingerprint density at radius 1 is 1.10 bits per heavy atom. The zero-order chi connectivity index (χ0) is 21.6. The monoisotopic (exact) mass is 411 g/mol. The van der Waals surface area contributed by atoms with Crippen molar-refractivity contribution in [1.82, 2.24) is 10.2 Å². The number of likely N-dealkylation sites (N-methyl/N-ethyl adjacent to an activating group) is 1. The van der Waals surface area contributed by atoms with Crippen LogP contribution in [0.4, 0.5) is 4.39 Å². The molecule has 0 bridgehead atoms. The van der Waals surface area contributed by atoms with Crippen LogP contribution in [0, 0.1) is 5.82 Å². The predicted molar refractivity (Wildman–Crippen MR) is 115 cm³/mol. The number of nitrogens with zero attached hydrogens (tertiary/aromatic N) is 1. The largest absolute Gasteiger partial charge is 0.368 e. The lowest BCUT2D eigenvalue weighted by atomic mass is 9.69. The number of halogens is 1. The van der Waals surface area contributed by atoms with E-state index in [0.717, 1.165) is 25.7 Å². The van der Waals surface area contributed by atoms with E-state index in [2.05, 4.69) is 17.4 Å². The van der Waals surface area contributed by atoms with Crippen LogP contribution in [0.3, 0.4) is 0 Å². The highest BCUT2D eigenvalue weighted by Crippen LogP contribution is 2.38. The highest BCUT2D eigenvalue weighted by atomic mass is 19.1. The zero-order valence-corrected chi connectivity index (χ0v) is 17.4. The maximum Gasteiger partial charge on any atom is 0.239 e. The van der Waals surface area contributed by atoms with Gasteiger partial charge in [0.1, 0.15) is 11.9 Å². The molecule has 0 aliphatic heterocycles. The van der Waals surface area contributed by atoms with Gasteiger partial charge in [-0.1, -0.05) is 61.7 Å². The smallest absolute Gasteiger partial charge is 0.239 e. The van der Waals surface area contributed by atoms with Gasteiger partial charge in [-0.05, 0) is 43.1 Å². The van der Waals surface area contributed by atoms with Crippen molar-refractivity contribution in [2.24, 2.45) is 5.73 Å². The standard InChI is InChI=1S/C24H30FN3O2/c1-28(22(23(26)30)18-9-8-12-20(25)15-18)16-21(29)27-17-24(13-6-3-7-14-24)19-10-4-2-5-11-19/h2,4-5,8-12,15,22H,3,6-7,13-14,16-17H2,1H3,(H2,26,30)(H,27,29). The molecule has 2 aromatic rings. The summed E-state index contributed by atoms with van der Waals surface area (Å²) in [5.41, 5.74) is 7.19. The lowest BCUT2D eigenvalue weighted by Gasteiger charge is -2.38. The molecule has 1 aliphatic rings. The fourth-order valence-electron chi connectivity index (χ4n) is 4.54. The third kappa shape index (κ3) is 5.25. The van der Waals surface area contributed by atoms with Crippen LogP contribution in [0.15, 0.2) is 54.6 Å². The molecule has 2 aromatic carbocycles. The molecule has 5 nitrogen and oxygen atoms in total. The van der Waals surface area contributed by atoms with Crippen LogP contribution in [0.2, 0.25) is 0 Å². The van der Waals surface area contributed by atoms with Crippen molar-refractivity contribution >= 4 is 11.8 Å². The Morgan fingerprint density at radius 2 is 1.80 bits per heavy atom. The van der Waals surface area contributed by atoms with Crippen LogP contribution in [0.5, 0.6) is 0 Å². The van der Waals surface area contributed by atoms with E-state index in [4.69, 9.17) is 5.73 Å². The first kappa shape index (κ1) is 22.0. The van der Waals surface area contributed by atoms with Crippen molar-refractivity contribution in [3.05, 3.63) is 71.5 Å². The molecule has 160 valence electrons. The summed E-state index contributed by atoms with van der Waals surface area (Å²) >= 11 is 0. The summed E-state index contributed by atoms with van der Waals surface area (Å²) in [6, 6.07) is 15.2. The second kappa shape index (κ2) is 9.85. The third-order valence-electron chi connectivity index (χ3n) is 6.09. The third-order valence-corrected chi connectivity index (χ3v) is 6.09. The number of nitrogens with two attached hydrogens (primary N) is 1. The van der Waals surface area contributed by atoms with Crippen LogP contribution in [0.25, 0.3) is 0 Å². The minimum atomic E-state index is -0.871. The number of benzene rings is 2. The normalized spacial score (nSPS) is 16.8. The summed E-state index contributed by atoms with van der Waals surface area (Å²) in [4.78, 5) is 26.3. The zero-order valence-electron chi connectivity index (χ0n) is 17.4. The number of carbonyl (C=O) groups excluding carboxylic acids is 2. The number of primary amides is 1. The molecule has 6 heteroatoms. The average molecular weight is 412 g/mol. The van der Waals surface area contributed by atoms with Gasteiger partial charge in [-0.25, -0.2) is 4.39 Å². The number of nitrogens with one attached hydrogen (secondary N) is 1. The van der Waals surface area contributed by atoms with Crippen molar-refractivity contribution in [2.45, 2.75) is 43.6 Å². The molecule has 30 heavy (non-hydrogen) atoms. The minimum absolute atomic E-state index is 0.00497. The molecule has 2 amide bonds. The van der Waals surface area contributed by atoms with Crippen molar-refractivity contribution in [3.63, 3.8) is 0 Å². The van der Waals surface area contributed by atoms with Gasteiger partial charge in [0.2, 0.25) is 11.8 Å². The molecule has 1 unspecified atom stereocenters. The van der Waals surface area contributed by atoms with Gasteiger partial charge in [0.25, 0.3) is 0 Å². The minimum Gasteiger partial charge on any atom is -0.368 e. The lowest BCUT2D eigenvalue weighted by Crippen LogP contribution is -2.46. The first-order chi connectivity index (χ1) is 14.4. The molecule has 0 saturated heterocycles. The Balaban J connectivity index is 1.67. The van der Waals surface area contributed by atoms with Crippen LogP contribution >= 0.6 is 0 Å². The Labute approximate surface area is 177 Å². The fourth-order valence-corrected chi connectivity index (χ4v) is 4.54. The highest BCUT2D eigenvalue weighted by Gasteiger charge is 2.34. The van der Waals surface area contributed by atoms with E-state index in [-0.39, 0.29) is 17.9 Å². The molecule has 0 aromatic heterocycles. The van der Waals surface area contributed by atoms with Gasteiger partial charge < -0.3 is 11.1 Å². The summed E-state index contributed by atoms with van der Waals surface area (Å²) in [6.07, 6.45) is 5.60. The van der Waals surface area contributed by atoms with Gasteiger partial charge in [0.15, 0.2) is 0 Å². The Hall–Kier alpha value is -2.73. The van der Waals surface area contributed by atoms with E-state index < -0.39 is 17.8 Å². The molecule has 1 saturated carbocycles. The van der Waals surface area contributed by atoms with E-state index in [1.165, 1.54) is 30.2 Å². The van der Waals surface area contributed by atoms with Gasteiger partial charge in [0, 0.05) is 12.0 Å². The van der Waals surface area contributed by atoms with E-state index >= 15 is 0 Å². The molecule has 1 atom stereocenters. The quantitative estimate of drug-likeness (QED) is 0.700. The molecule has 1 fully saturated rings. The van der Waals surface area contributed by atoms with E-state index in [9.17, 15) is 14.0 Å². The molecule has 3 rings (SSSR count). The number of rotatable bonds is 8. The maximum absolute atomic E-state index is 13.6. The number of carbonyl (C=O) groups is 2. The van der Waals surface area contributed by atoms with Gasteiger partial charge in [-0.15, -0.1) is 0 Å². The first-order valence-corrected chi connectivity index (χ1v) is 10.5. The summed E-state index contributed by atoms with van der Waals surface area (Å²) in [5, 5.41) is 3.07. The summed E-state index contributed by atoms with van der Waals surface area (Å²) in [5.74, 6) is -1.25. The van der Waals surface area contributed by atoms with Crippen molar-refractivity contribution in [2.75, 3.05) is 20.1 Å². The highest BCUT2D eigenvalue weighted by molar-refractivity contribution is 5.83. The molecule has 1 aliphatic carbocycles. The van der Waals surface area contributed by atoms with Crippen LogP contribution in [0.1, 0.15) is 49.3 Å². The van der Waals surface area contributed by atoms with E-state index in [1.807, 2.05) is 18.2 Å². The second-order valence-electron chi connectivity index (χ2n) is 8.26. The topological polar surface area (TPSA) is 75.4 Å². The molecule has 3 N–H and O–H groups in total. The predicted octanol–water partition coefficient (Wildman–Crippen LogP) is 3.30. The molecular formula is C24H30FN3O2. The summed E-state index contributed by atoms with van der Waals surface area (Å²) < 4.78 is 13.6. The summed E-state index contributed by atoms with van der Waals surface area (Å²) in [7, 11) is 1.65. The number of hydrogen-bond donors (Lipinski definition) is 2. The van der Waals surface area contributed by atoms with Gasteiger partial charge in [0.05, 0.1) is 6.54 Å². The Kier molecular flexibility index (Phi) is 7.21. The number of amides is 2. The Morgan fingerprint density at radius 3 is 2.43 bits per heavy atom. The SMILES string of the molecule is CN(CC(=O)NCC1(c2ccccc2)CCCCC1)C(C(N)=O)c1cccc(F)c1. The van der Waals surface area contributed by atoms with Crippen LogP contribution < -0.4 is 11.1 Å². The average Bonchev–Trinajstić information content (AvgIpc) is 2.73. The van der Waals surface area contributed by atoms with Crippen molar-refractivity contribution < 1.29 is 14.0 Å². The van der Waals surface area contributed by atoms with Gasteiger partial charge in [-0.3, -0.25) is 14.5 Å². The number of hydrogen-bond acceptors (Lipinski definition) is 3. The second-order valence-corrected chi connectivity index (χ2v) is 8.26. The Bertz CT molecular complexity index is 866. The van der Waals surface area contributed by atoms with E-state index in [1.54, 1.807) is 18.0 Å². The fraction of sp³-hybridized carbons (Fsp3) is 0.417. The van der Waals surface area contributed by atoms with Crippen molar-refractivity contribution in [1.29, 1.82) is 0 Å².